The minimum absolute atomic E-state index is 0.0342. The predicted molar refractivity (Wildman–Crippen MR) is 48.2 cm³/mol. The van der Waals surface area contributed by atoms with E-state index in [0.29, 0.717) is 0 Å². The van der Waals surface area contributed by atoms with Gasteiger partial charge < -0.3 is 15.6 Å². The molecule has 0 aliphatic heterocycles. The Kier molecular flexibility index (Phi) is 3.40. The van der Waals surface area contributed by atoms with Crippen LogP contribution in [-0.4, -0.2) is 16.5 Å². The quantitative estimate of drug-likeness (QED) is 0.815. The highest BCUT2D eigenvalue weighted by atomic mass is 79.9. The van der Waals surface area contributed by atoms with Crippen molar-refractivity contribution in [1.29, 1.82) is 0 Å². The van der Waals surface area contributed by atoms with Crippen molar-refractivity contribution in [2.24, 2.45) is 5.73 Å². The third-order valence-corrected chi connectivity index (χ3v) is 2.05. The van der Waals surface area contributed by atoms with Crippen LogP contribution < -0.4 is 10.5 Å². The van der Waals surface area contributed by atoms with Crippen molar-refractivity contribution in [3.63, 3.8) is 0 Å². The molecule has 4 nitrogen and oxygen atoms in total. The Hall–Kier alpha value is -1.02. The van der Waals surface area contributed by atoms with E-state index >= 15 is 0 Å². The zero-order valence-corrected chi connectivity index (χ0v) is 8.76. The van der Waals surface area contributed by atoms with E-state index in [1.807, 2.05) is 0 Å². The number of nitrogens with zero attached hydrogens (tertiary/aromatic N) is 1. The molecule has 1 aromatic rings. The first-order chi connectivity index (χ1) is 6.85. The van der Waals surface area contributed by atoms with Gasteiger partial charge in [-0.2, -0.15) is 0 Å². The van der Waals surface area contributed by atoms with Gasteiger partial charge in [-0.25, -0.2) is 4.98 Å². The summed E-state index contributed by atoms with van der Waals surface area (Å²) in [7, 11) is 0. The van der Waals surface area contributed by atoms with E-state index in [-0.39, 0.29) is 16.7 Å². The van der Waals surface area contributed by atoms with Crippen LogP contribution in [0.15, 0.2) is 10.8 Å². The predicted octanol–water partition coefficient (Wildman–Crippen LogP) is 1.91. The van der Waals surface area contributed by atoms with Gasteiger partial charge in [0.2, 0.25) is 0 Å². The molecule has 84 valence electrons. The van der Waals surface area contributed by atoms with E-state index in [4.69, 9.17) is 5.73 Å². The van der Waals surface area contributed by atoms with E-state index in [1.165, 1.54) is 0 Å². The molecule has 0 bridgehead atoms. The van der Waals surface area contributed by atoms with Gasteiger partial charge in [0.05, 0.1) is 0 Å². The summed E-state index contributed by atoms with van der Waals surface area (Å²) in [4.78, 5) is 3.58. The van der Waals surface area contributed by atoms with Crippen LogP contribution >= 0.6 is 15.9 Å². The SMILES string of the molecule is NCc1cnc(Br)c(O)c1OC(F)(F)F. The summed E-state index contributed by atoms with van der Waals surface area (Å²) in [5.41, 5.74) is 5.14. The first-order valence-corrected chi connectivity index (χ1v) is 4.46. The molecule has 15 heavy (non-hydrogen) atoms. The van der Waals surface area contributed by atoms with E-state index < -0.39 is 17.9 Å². The number of hydrogen-bond donors (Lipinski definition) is 2. The summed E-state index contributed by atoms with van der Waals surface area (Å²) in [6, 6.07) is 0. The lowest BCUT2D eigenvalue weighted by molar-refractivity contribution is -0.275. The lowest BCUT2D eigenvalue weighted by Gasteiger charge is -2.13. The minimum Gasteiger partial charge on any atom is -0.502 e. The number of nitrogens with two attached hydrogens (primary N) is 1. The number of halogens is 4. The molecule has 0 unspecified atom stereocenters. The molecule has 0 aliphatic carbocycles. The number of aromatic hydroxyl groups is 1. The summed E-state index contributed by atoms with van der Waals surface area (Å²) in [6.45, 7) is -0.223. The first kappa shape index (κ1) is 12.1. The monoisotopic (exact) mass is 286 g/mol. The molecule has 0 fully saturated rings. The van der Waals surface area contributed by atoms with Crippen LogP contribution in [0.2, 0.25) is 0 Å². The van der Waals surface area contributed by atoms with Gasteiger partial charge >= 0.3 is 6.36 Å². The molecule has 0 aromatic carbocycles. The van der Waals surface area contributed by atoms with Crippen LogP contribution in [0.25, 0.3) is 0 Å². The van der Waals surface area contributed by atoms with Crippen LogP contribution in [0.4, 0.5) is 13.2 Å². The topological polar surface area (TPSA) is 68.4 Å². The van der Waals surface area contributed by atoms with Crippen molar-refractivity contribution in [3.05, 3.63) is 16.4 Å². The van der Waals surface area contributed by atoms with E-state index in [1.54, 1.807) is 0 Å². The van der Waals surface area contributed by atoms with Gasteiger partial charge in [0, 0.05) is 18.3 Å². The van der Waals surface area contributed by atoms with Gasteiger partial charge in [-0.3, -0.25) is 0 Å². The molecule has 1 rings (SSSR count). The van der Waals surface area contributed by atoms with Gasteiger partial charge in [-0.1, -0.05) is 0 Å². The second kappa shape index (κ2) is 4.23. The number of rotatable bonds is 2. The van der Waals surface area contributed by atoms with E-state index in [2.05, 4.69) is 25.7 Å². The van der Waals surface area contributed by atoms with Crippen molar-refractivity contribution >= 4 is 15.9 Å². The van der Waals surface area contributed by atoms with Gasteiger partial charge in [-0.15, -0.1) is 13.2 Å². The van der Waals surface area contributed by atoms with Crippen molar-refractivity contribution in [2.45, 2.75) is 12.9 Å². The minimum atomic E-state index is -4.89. The normalized spacial score (nSPS) is 11.5. The Morgan fingerprint density at radius 1 is 1.53 bits per heavy atom. The Balaban J connectivity index is 3.18. The zero-order valence-electron chi connectivity index (χ0n) is 7.18. The number of aromatic nitrogens is 1. The third kappa shape index (κ3) is 2.96. The molecule has 0 aliphatic rings. The fraction of sp³-hybridized carbons (Fsp3) is 0.286. The molecule has 0 atom stereocenters. The van der Waals surface area contributed by atoms with Crippen LogP contribution in [0.5, 0.6) is 11.5 Å². The van der Waals surface area contributed by atoms with Crippen molar-refractivity contribution in [2.75, 3.05) is 0 Å². The Morgan fingerprint density at radius 2 is 2.13 bits per heavy atom. The lowest BCUT2D eigenvalue weighted by Crippen LogP contribution is -2.19. The summed E-state index contributed by atoms with van der Waals surface area (Å²) in [5.74, 6) is -1.46. The van der Waals surface area contributed by atoms with E-state index in [0.717, 1.165) is 6.20 Å². The highest BCUT2D eigenvalue weighted by Gasteiger charge is 2.34. The van der Waals surface area contributed by atoms with Crippen molar-refractivity contribution < 1.29 is 23.0 Å². The van der Waals surface area contributed by atoms with Crippen LogP contribution in [0.3, 0.4) is 0 Å². The highest BCUT2D eigenvalue weighted by molar-refractivity contribution is 9.10. The molecule has 1 aromatic heterocycles. The average Bonchev–Trinajstić information content (AvgIpc) is 2.11. The lowest BCUT2D eigenvalue weighted by atomic mass is 10.2. The molecule has 0 saturated carbocycles. The Bertz CT molecular complexity index is 370. The fourth-order valence-electron chi connectivity index (χ4n) is 0.875. The molecule has 0 amide bonds. The van der Waals surface area contributed by atoms with Crippen LogP contribution in [0, 0.1) is 0 Å². The molecular formula is C7H6BrF3N2O2. The highest BCUT2D eigenvalue weighted by Crippen LogP contribution is 2.38. The molecule has 0 radical (unpaired) electrons. The molecular weight excluding hydrogens is 281 g/mol. The van der Waals surface area contributed by atoms with Crippen molar-refractivity contribution in [3.8, 4) is 11.5 Å². The maximum Gasteiger partial charge on any atom is 0.573 e. The standard InChI is InChI=1S/C7H6BrF3N2O2/c8-6-4(14)5(15-7(9,10)11)3(1-12)2-13-6/h2,14H,1,12H2. The van der Waals surface area contributed by atoms with Gasteiger partial charge in [0.15, 0.2) is 16.1 Å². The largest absolute Gasteiger partial charge is 0.573 e. The van der Waals surface area contributed by atoms with Crippen LogP contribution in [0.1, 0.15) is 5.56 Å². The number of alkyl halides is 3. The van der Waals surface area contributed by atoms with Crippen molar-refractivity contribution in [1.82, 2.24) is 4.98 Å². The smallest absolute Gasteiger partial charge is 0.502 e. The molecule has 0 spiro atoms. The van der Waals surface area contributed by atoms with Gasteiger partial charge in [0.25, 0.3) is 0 Å². The molecule has 0 saturated heterocycles. The third-order valence-electron chi connectivity index (χ3n) is 1.47. The Labute approximate surface area is 91.0 Å². The summed E-state index contributed by atoms with van der Waals surface area (Å²) >= 11 is 2.77. The molecule has 3 N–H and O–H groups in total. The summed E-state index contributed by atoms with van der Waals surface area (Å²) in [5, 5.41) is 9.28. The van der Waals surface area contributed by atoms with Crippen LogP contribution in [-0.2, 0) is 6.54 Å². The fourth-order valence-corrected chi connectivity index (χ4v) is 1.16. The zero-order chi connectivity index (χ0) is 11.6. The molecule has 1 heterocycles. The van der Waals surface area contributed by atoms with E-state index in [9.17, 15) is 18.3 Å². The number of ether oxygens (including phenoxy) is 1. The average molecular weight is 287 g/mol. The number of pyridine rings is 1. The second-order valence-electron chi connectivity index (χ2n) is 2.50. The second-order valence-corrected chi connectivity index (χ2v) is 3.26. The van der Waals surface area contributed by atoms with Gasteiger partial charge in [-0.05, 0) is 15.9 Å². The molecule has 8 heteroatoms. The maximum atomic E-state index is 12.0. The first-order valence-electron chi connectivity index (χ1n) is 3.67. The Morgan fingerprint density at radius 3 is 2.60 bits per heavy atom. The summed E-state index contributed by atoms with van der Waals surface area (Å²) < 4.78 is 39.4. The summed E-state index contributed by atoms with van der Waals surface area (Å²) in [6.07, 6.45) is -3.80. The maximum absolute atomic E-state index is 12.0. The number of hydrogen-bond acceptors (Lipinski definition) is 4. The van der Waals surface area contributed by atoms with Gasteiger partial charge in [0.1, 0.15) is 0 Å².